The highest BCUT2D eigenvalue weighted by Gasteiger charge is 2.21. The molecule has 4 rings (SSSR count). The number of aryl methyl sites for hydroxylation is 2. The van der Waals surface area contributed by atoms with Crippen LogP contribution in [0.1, 0.15) is 11.1 Å². The van der Waals surface area contributed by atoms with Crippen LogP contribution < -0.4 is 0 Å². The molecule has 0 aliphatic heterocycles. The Balaban J connectivity index is 1.91. The average Bonchev–Trinajstić information content (AvgIpc) is 2.70. The summed E-state index contributed by atoms with van der Waals surface area (Å²) < 4.78 is 67.3. The van der Waals surface area contributed by atoms with E-state index in [4.69, 9.17) is 0 Å². The normalized spacial score (nSPS) is 12.5. The zero-order valence-electron chi connectivity index (χ0n) is 15.7. The minimum absolute atomic E-state index is 0.146. The van der Waals surface area contributed by atoms with E-state index < -0.39 is 20.2 Å². The van der Waals surface area contributed by atoms with Gasteiger partial charge < -0.3 is 0 Å². The fourth-order valence-electron chi connectivity index (χ4n) is 3.88. The molecule has 0 heterocycles. The first kappa shape index (κ1) is 20.5. The number of benzene rings is 4. The third kappa shape index (κ3) is 3.82. The van der Waals surface area contributed by atoms with E-state index in [1.807, 2.05) is 24.3 Å². The molecule has 0 unspecified atom stereocenters. The van der Waals surface area contributed by atoms with Gasteiger partial charge in [-0.1, -0.05) is 60.7 Å². The third-order valence-corrected chi connectivity index (χ3v) is 7.05. The number of hydrogen-bond acceptors (Lipinski definition) is 4. The Labute approximate surface area is 174 Å². The Bertz CT molecular complexity index is 1370. The van der Waals surface area contributed by atoms with Gasteiger partial charge in [-0.2, -0.15) is 16.8 Å². The van der Waals surface area contributed by atoms with E-state index in [0.29, 0.717) is 21.9 Å². The van der Waals surface area contributed by atoms with Crippen molar-refractivity contribution < 1.29 is 25.9 Å². The molecule has 0 fully saturated rings. The maximum atomic E-state index is 12.0. The molecule has 0 aliphatic rings. The minimum atomic E-state index is -4.48. The average molecular weight is 443 g/mol. The van der Waals surface area contributed by atoms with Crippen molar-refractivity contribution in [3.8, 4) is 0 Å². The molecule has 0 radical (unpaired) electrons. The summed E-state index contributed by atoms with van der Waals surface area (Å²) in [5.41, 5.74) is 0.787. The van der Waals surface area contributed by atoms with E-state index in [1.165, 1.54) is 12.1 Å². The monoisotopic (exact) mass is 442 g/mol. The Morgan fingerprint density at radius 1 is 0.533 bits per heavy atom. The first-order chi connectivity index (χ1) is 14.2. The summed E-state index contributed by atoms with van der Waals surface area (Å²) in [6.45, 7) is 0. The lowest BCUT2D eigenvalue weighted by atomic mass is 9.95. The molecule has 6 nitrogen and oxygen atoms in total. The Morgan fingerprint density at radius 2 is 0.900 bits per heavy atom. The molecule has 8 heteroatoms. The summed E-state index contributed by atoms with van der Waals surface area (Å²) in [5, 5.41) is 2.91. The van der Waals surface area contributed by atoms with Gasteiger partial charge in [-0.05, 0) is 57.6 Å². The molecule has 154 valence electrons. The van der Waals surface area contributed by atoms with Gasteiger partial charge >= 0.3 is 0 Å². The van der Waals surface area contributed by atoms with Gasteiger partial charge in [0.1, 0.15) is 0 Å². The molecule has 0 saturated carbocycles. The number of rotatable bonds is 5. The van der Waals surface area contributed by atoms with Gasteiger partial charge in [0.2, 0.25) is 0 Å². The summed E-state index contributed by atoms with van der Waals surface area (Å²) in [4.78, 5) is -0.426. The Morgan fingerprint density at radius 3 is 1.27 bits per heavy atom. The van der Waals surface area contributed by atoms with E-state index in [0.717, 1.165) is 10.8 Å². The fourth-order valence-corrected chi connectivity index (χ4v) is 5.41. The Kier molecular flexibility index (Phi) is 5.11. The molecule has 30 heavy (non-hydrogen) atoms. The second-order valence-electron chi connectivity index (χ2n) is 6.98. The highest BCUT2D eigenvalue weighted by Crippen LogP contribution is 2.31. The van der Waals surface area contributed by atoms with E-state index in [1.54, 1.807) is 36.4 Å². The lowest BCUT2D eigenvalue weighted by Gasteiger charge is -2.14. The van der Waals surface area contributed by atoms with Crippen LogP contribution in [0.25, 0.3) is 21.5 Å². The lowest BCUT2D eigenvalue weighted by Crippen LogP contribution is -2.08. The molecule has 2 N–H and O–H groups in total. The summed E-state index contributed by atoms with van der Waals surface area (Å²) in [6.07, 6.45) is 0.292. The van der Waals surface area contributed by atoms with E-state index in [2.05, 4.69) is 0 Å². The molecular formula is C22H18O6S2. The van der Waals surface area contributed by atoms with Gasteiger partial charge in [-0.3, -0.25) is 9.11 Å². The van der Waals surface area contributed by atoms with Crippen LogP contribution in [0.4, 0.5) is 0 Å². The topological polar surface area (TPSA) is 109 Å². The molecule has 0 atom stereocenters. The van der Waals surface area contributed by atoms with Crippen molar-refractivity contribution >= 4 is 41.8 Å². The zero-order valence-corrected chi connectivity index (χ0v) is 17.3. The molecule has 4 aromatic carbocycles. The molecule has 0 aromatic heterocycles. The molecule has 0 spiro atoms. The number of hydrogen-bond donors (Lipinski definition) is 2. The number of fused-ring (bicyclic) bond motifs is 2. The van der Waals surface area contributed by atoms with Crippen LogP contribution in [0.2, 0.25) is 0 Å². The molecule has 4 aromatic rings. The third-order valence-electron chi connectivity index (χ3n) is 5.18. The van der Waals surface area contributed by atoms with Gasteiger partial charge in [0.25, 0.3) is 20.2 Å². The van der Waals surface area contributed by atoms with Crippen molar-refractivity contribution in [1.29, 1.82) is 0 Å². The predicted molar refractivity (Wildman–Crippen MR) is 115 cm³/mol. The quantitative estimate of drug-likeness (QED) is 0.447. The van der Waals surface area contributed by atoms with Crippen molar-refractivity contribution in [3.63, 3.8) is 0 Å². The van der Waals surface area contributed by atoms with Gasteiger partial charge in [0.15, 0.2) is 0 Å². The molecule has 0 aliphatic carbocycles. The largest absolute Gasteiger partial charge is 0.294 e. The first-order valence-electron chi connectivity index (χ1n) is 9.12. The summed E-state index contributed by atoms with van der Waals surface area (Å²) in [5.74, 6) is 0. The van der Waals surface area contributed by atoms with Crippen molar-refractivity contribution in [2.24, 2.45) is 0 Å². The van der Waals surface area contributed by atoms with Crippen molar-refractivity contribution in [1.82, 2.24) is 0 Å². The van der Waals surface area contributed by atoms with Crippen LogP contribution in [0.3, 0.4) is 0 Å². The van der Waals surface area contributed by atoms with E-state index in [9.17, 15) is 25.9 Å². The van der Waals surface area contributed by atoms with Gasteiger partial charge in [0, 0.05) is 0 Å². The van der Waals surface area contributed by atoms with Crippen LogP contribution in [-0.2, 0) is 33.1 Å². The van der Waals surface area contributed by atoms with Crippen molar-refractivity contribution in [2.75, 3.05) is 0 Å². The summed E-state index contributed by atoms with van der Waals surface area (Å²) >= 11 is 0. The van der Waals surface area contributed by atoms with Crippen molar-refractivity contribution in [3.05, 3.63) is 83.9 Å². The standard InChI is InChI=1S/C22H18O6S2/c23-29(24,25)21-13-9-15-5-1-3-7-17(15)19(21)11-12-20-18-8-4-2-6-16(18)10-14-22(20)30(26,27)28/h1-10,13-14H,11-12H2,(H,23,24,25)(H,26,27,28). The van der Waals surface area contributed by atoms with Crippen LogP contribution in [0.5, 0.6) is 0 Å². The molecule has 0 bridgehead atoms. The lowest BCUT2D eigenvalue weighted by molar-refractivity contribution is 0.479. The van der Waals surface area contributed by atoms with Crippen LogP contribution >= 0.6 is 0 Å². The second kappa shape index (κ2) is 7.48. The van der Waals surface area contributed by atoms with Gasteiger partial charge in [0.05, 0.1) is 9.79 Å². The molecule has 0 saturated heterocycles. The van der Waals surface area contributed by atoms with Crippen LogP contribution in [0, 0.1) is 0 Å². The second-order valence-corrected chi connectivity index (χ2v) is 9.76. The van der Waals surface area contributed by atoms with E-state index >= 15 is 0 Å². The summed E-state index contributed by atoms with van der Waals surface area (Å²) in [7, 11) is -8.96. The van der Waals surface area contributed by atoms with Crippen LogP contribution in [0.15, 0.2) is 82.6 Å². The molecule has 0 amide bonds. The maximum Gasteiger partial charge on any atom is 0.294 e. The smallest absolute Gasteiger partial charge is 0.282 e. The zero-order chi connectivity index (χ0) is 21.5. The fraction of sp³-hybridized carbons (Fsp3) is 0.0909. The van der Waals surface area contributed by atoms with E-state index in [-0.39, 0.29) is 22.6 Å². The highest BCUT2D eigenvalue weighted by atomic mass is 32.2. The minimum Gasteiger partial charge on any atom is -0.282 e. The van der Waals surface area contributed by atoms with Crippen molar-refractivity contribution in [2.45, 2.75) is 22.6 Å². The highest BCUT2D eigenvalue weighted by molar-refractivity contribution is 7.86. The SMILES string of the molecule is O=S(=O)(O)c1ccc2ccccc2c1CCc1c(S(=O)(=O)O)ccc2ccccc12. The van der Waals surface area contributed by atoms with Gasteiger partial charge in [-0.25, -0.2) is 0 Å². The molecular weight excluding hydrogens is 424 g/mol. The van der Waals surface area contributed by atoms with Gasteiger partial charge in [-0.15, -0.1) is 0 Å². The summed E-state index contributed by atoms with van der Waals surface area (Å²) in [6, 6.07) is 20.3. The predicted octanol–water partition coefficient (Wildman–Crippen LogP) is 4.27. The van der Waals surface area contributed by atoms with Crippen LogP contribution in [-0.4, -0.2) is 25.9 Å². The maximum absolute atomic E-state index is 12.0. The first-order valence-corrected chi connectivity index (χ1v) is 12.0. The Hall–Kier alpha value is -2.78.